The molecule has 0 saturated heterocycles. The number of hydrogen-bond acceptors (Lipinski definition) is 7. The van der Waals surface area contributed by atoms with Crippen molar-refractivity contribution in [2.45, 2.75) is 0 Å². The van der Waals surface area contributed by atoms with Gasteiger partial charge in [-0.1, -0.05) is 0 Å². The first kappa shape index (κ1) is 20.6. The molecule has 148 valence electrons. The third kappa shape index (κ3) is 5.37. The minimum Gasteiger partial charge on any atom is -0.493 e. The number of hydrazone groups is 1. The van der Waals surface area contributed by atoms with Crippen molar-refractivity contribution in [3.8, 4) is 23.0 Å². The molecular formula is C19H21N3O6. The summed E-state index contributed by atoms with van der Waals surface area (Å²) in [4.78, 5) is 22.8. The van der Waals surface area contributed by atoms with E-state index in [2.05, 4.69) is 10.5 Å². The zero-order valence-corrected chi connectivity index (χ0v) is 15.7. The van der Waals surface area contributed by atoms with Gasteiger partial charge in [0, 0.05) is 11.1 Å². The zero-order chi connectivity index (χ0) is 20.5. The summed E-state index contributed by atoms with van der Waals surface area (Å²) in [5.41, 5.74) is 8.44. The highest BCUT2D eigenvalue weighted by Gasteiger charge is 2.12. The minimum absolute atomic E-state index is 0.232. The maximum Gasteiger partial charge on any atom is 0.271 e. The van der Waals surface area contributed by atoms with Crippen LogP contribution in [0.15, 0.2) is 41.5 Å². The van der Waals surface area contributed by atoms with E-state index in [1.165, 1.54) is 27.5 Å². The second kappa shape index (κ2) is 9.81. The molecule has 9 heteroatoms. The van der Waals surface area contributed by atoms with E-state index in [0.29, 0.717) is 34.1 Å². The van der Waals surface area contributed by atoms with Crippen molar-refractivity contribution in [2.24, 2.45) is 10.8 Å². The SMILES string of the molecule is COc1cc(/C=N/NC(=O)c2ccc(OCC(N)=O)cc2)cc(OC)c1OC. The summed E-state index contributed by atoms with van der Waals surface area (Å²) in [6, 6.07) is 9.59. The van der Waals surface area contributed by atoms with E-state index in [-0.39, 0.29) is 6.61 Å². The Bertz CT molecular complexity index is 839. The molecule has 0 spiro atoms. The molecule has 2 aromatic rings. The summed E-state index contributed by atoms with van der Waals surface area (Å²) in [6.45, 7) is -0.232. The molecule has 3 N–H and O–H groups in total. The van der Waals surface area contributed by atoms with Crippen molar-refractivity contribution in [1.29, 1.82) is 0 Å². The largest absolute Gasteiger partial charge is 0.493 e. The lowest BCUT2D eigenvalue weighted by Gasteiger charge is -2.12. The van der Waals surface area contributed by atoms with Gasteiger partial charge in [-0.05, 0) is 36.4 Å². The van der Waals surface area contributed by atoms with Crippen LogP contribution in [0.5, 0.6) is 23.0 Å². The van der Waals surface area contributed by atoms with Crippen LogP contribution in [0.4, 0.5) is 0 Å². The lowest BCUT2D eigenvalue weighted by Crippen LogP contribution is -2.20. The molecule has 0 aliphatic rings. The lowest BCUT2D eigenvalue weighted by atomic mass is 10.2. The topological polar surface area (TPSA) is 121 Å². The summed E-state index contributed by atoms with van der Waals surface area (Å²) in [5.74, 6) is 0.844. The normalized spacial score (nSPS) is 10.4. The number of methoxy groups -OCH3 is 3. The predicted octanol–water partition coefficient (Wildman–Crippen LogP) is 1.34. The van der Waals surface area contributed by atoms with Gasteiger partial charge in [-0.2, -0.15) is 5.10 Å². The highest BCUT2D eigenvalue weighted by molar-refractivity contribution is 5.95. The Hall–Kier alpha value is -3.75. The Morgan fingerprint density at radius 3 is 2.14 bits per heavy atom. The molecular weight excluding hydrogens is 366 g/mol. The molecule has 0 atom stereocenters. The van der Waals surface area contributed by atoms with Crippen molar-refractivity contribution >= 4 is 18.0 Å². The molecule has 0 unspecified atom stereocenters. The van der Waals surface area contributed by atoms with Crippen LogP contribution in [0.1, 0.15) is 15.9 Å². The molecule has 28 heavy (non-hydrogen) atoms. The van der Waals surface area contributed by atoms with Gasteiger partial charge in [0.1, 0.15) is 5.75 Å². The van der Waals surface area contributed by atoms with Crippen molar-refractivity contribution < 1.29 is 28.5 Å². The van der Waals surface area contributed by atoms with Gasteiger partial charge in [0.2, 0.25) is 5.75 Å². The molecule has 0 aromatic heterocycles. The van der Waals surface area contributed by atoms with E-state index in [1.807, 2.05) is 0 Å². The maximum atomic E-state index is 12.1. The molecule has 9 nitrogen and oxygen atoms in total. The molecule has 2 amide bonds. The van der Waals surface area contributed by atoms with E-state index in [0.717, 1.165) is 0 Å². The minimum atomic E-state index is -0.581. The molecule has 0 bridgehead atoms. The van der Waals surface area contributed by atoms with Crippen LogP contribution in [0.3, 0.4) is 0 Å². The third-order valence-corrected chi connectivity index (χ3v) is 3.56. The number of amides is 2. The van der Waals surface area contributed by atoms with Gasteiger partial charge in [0.05, 0.1) is 27.5 Å². The van der Waals surface area contributed by atoms with E-state index in [9.17, 15) is 9.59 Å². The van der Waals surface area contributed by atoms with Crippen molar-refractivity contribution in [1.82, 2.24) is 5.43 Å². The Kier molecular flexibility index (Phi) is 7.21. The lowest BCUT2D eigenvalue weighted by molar-refractivity contribution is -0.119. The summed E-state index contributed by atoms with van der Waals surface area (Å²) in [5, 5.41) is 3.94. The maximum absolute atomic E-state index is 12.1. The molecule has 0 heterocycles. The van der Waals surface area contributed by atoms with Gasteiger partial charge in [-0.3, -0.25) is 9.59 Å². The first-order chi connectivity index (χ1) is 13.5. The number of carbonyl (C=O) groups excluding carboxylic acids is 2. The molecule has 2 aromatic carbocycles. The van der Waals surface area contributed by atoms with Crippen LogP contribution in [-0.2, 0) is 4.79 Å². The van der Waals surface area contributed by atoms with Gasteiger partial charge < -0.3 is 24.7 Å². The van der Waals surface area contributed by atoms with E-state index in [4.69, 9.17) is 24.7 Å². The smallest absolute Gasteiger partial charge is 0.271 e. The summed E-state index contributed by atoms with van der Waals surface area (Å²) >= 11 is 0. The van der Waals surface area contributed by atoms with E-state index < -0.39 is 11.8 Å². The van der Waals surface area contributed by atoms with Crippen LogP contribution in [-0.4, -0.2) is 46.0 Å². The van der Waals surface area contributed by atoms with Gasteiger partial charge in [0.25, 0.3) is 11.8 Å². The number of nitrogens with zero attached hydrogens (tertiary/aromatic N) is 1. The fourth-order valence-electron chi connectivity index (χ4n) is 2.26. The highest BCUT2D eigenvalue weighted by atomic mass is 16.5. The van der Waals surface area contributed by atoms with Crippen molar-refractivity contribution in [2.75, 3.05) is 27.9 Å². The number of ether oxygens (including phenoxy) is 4. The Labute approximate surface area is 162 Å². The van der Waals surface area contributed by atoms with Gasteiger partial charge in [0.15, 0.2) is 18.1 Å². The predicted molar refractivity (Wildman–Crippen MR) is 102 cm³/mol. The third-order valence-electron chi connectivity index (χ3n) is 3.56. The first-order valence-electron chi connectivity index (χ1n) is 8.13. The fourth-order valence-corrected chi connectivity index (χ4v) is 2.26. The average molecular weight is 387 g/mol. The van der Waals surface area contributed by atoms with Crippen LogP contribution >= 0.6 is 0 Å². The Balaban J connectivity index is 2.04. The van der Waals surface area contributed by atoms with E-state index >= 15 is 0 Å². The van der Waals surface area contributed by atoms with Crippen LogP contribution in [0.25, 0.3) is 0 Å². The number of carbonyl (C=O) groups is 2. The molecule has 0 fully saturated rings. The zero-order valence-electron chi connectivity index (χ0n) is 15.7. The van der Waals surface area contributed by atoms with Crippen LogP contribution in [0, 0.1) is 0 Å². The van der Waals surface area contributed by atoms with Crippen molar-refractivity contribution in [3.05, 3.63) is 47.5 Å². The summed E-state index contributed by atoms with van der Waals surface area (Å²) in [7, 11) is 4.53. The second-order valence-electron chi connectivity index (χ2n) is 5.44. The number of nitrogens with two attached hydrogens (primary N) is 1. The molecule has 0 radical (unpaired) electrons. The standard InChI is InChI=1S/C19H21N3O6/c1-25-15-8-12(9-16(26-2)18(15)27-3)10-21-22-19(24)13-4-6-14(7-5-13)28-11-17(20)23/h4-10H,11H2,1-3H3,(H2,20,23)(H,22,24)/b21-10+. The van der Waals surface area contributed by atoms with Crippen LogP contribution < -0.4 is 30.1 Å². The first-order valence-corrected chi connectivity index (χ1v) is 8.13. The van der Waals surface area contributed by atoms with Gasteiger partial charge in [-0.15, -0.1) is 0 Å². The number of rotatable bonds is 9. The molecule has 0 saturated carbocycles. The molecule has 0 aliphatic heterocycles. The summed E-state index contributed by atoms with van der Waals surface area (Å²) < 4.78 is 20.9. The highest BCUT2D eigenvalue weighted by Crippen LogP contribution is 2.37. The molecule has 0 aliphatic carbocycles. The number of nitrogens with one attached hydrogen (secondary N) is 1. The number of primary amides is 1. The number of hydrogen-bond donors (Lipinski definition) is 2. The number of benzene rings is 2. The fraction of sp³-hybridized carbons (Fsp3) is 0.211. The van der Waals surface area contributed by atoms with Crippen LogP contribution in [0.2, 0.25) is 0 Å². The van der Waals surface area contributed by atoms with E-state index in [1.54, 1.807) is 36.4 Å². The van der Waals surface area contributed by atoms with Gasteiger partial charge >= 0.3 is 0 Å². The average Bonchev–Trinajstić information content (AvgIpc) is 2.71. The van der Waals surface area contributed by atoms with Gasteiger partial charge in [-0.25, -0.2) is 5.43 Å². The summed E-state index contributed by atoms with van der Waals surface area (Å²) in [6.07, 6.45) is 1.45. The van der Waals surface area contributed by atoms with Crippen molar-refractivity contribution in [3.63, 3.8) is 0 Å². The monoisotopic (exact) mass is 387 g/mol. The second-order valence-corrected chi connectivity index (χ2v) is 5.44. The quantitative estimate of drug-likeness (QED) is 0.495. The Morgan fingerprint density at radius 1 is 1.04 bits per heavy atom. The molecule has 2 rings (SSSR count). The Morgan fingerprint density at radius 2 is 1.64 bits per heavy atom.